The van der Waals surface area contributed by atoms with E-state index in [0.717, 1.165) is 17.3 Å². The molecule has 1 saturated carbocycles. The summed E-state index contributed by atoms with van der Waals surface area (Å²) in [6.07, 6.45) is 8.91. The molecule has 16 heavy (non-hydrogen) atoms. The van der Waals surface area contributed by atoms with Crippen LogP contribution in [0.2, 0.25) is 0 Å². The lowest BCUT2D eigenvalue weighted by Gasteiger charge is -2.46. The summed E-state index contributed by atoms with van der Waals surface area (Å²) in [7, 11) is 1.90. The molecule has 2 aliphatic rings. The number of halogens is 1. The lowest BCUT2D eigenvalue weighted by molar-refractivity contribution is 0.0719. The average Bonchev–Trinajstić information content (AvgIpc) is 2.31. The van der Waals surface area contributed by atoms with Gasteiger partial charge in [-0.05, 0) is 64.9 Å². The molecular weight excluding hydrogens is 329 g/mol. The van der Waals surface area contributed by atoms with Crippen LogP contribution in [0.5, 0.6) is 0 Å². The van der Waals surface area contributed by atoms with Crippen LogP contribution in [0.15, 0.2) is 0 Å². The molecule has 1 heterocycles. The third kappa shape index (κ3) is 3.08. The van der Waals surface area contributed by atoms with E-state index in [9.17, 15) is 0 Å². The smallest absolute Gasteiger partial charge is 0.0146 e. The first-order valence-electron chi connectivity index (χ1n) is 6.69. The van der Waals surface area contributed by atoms with E-state index in [2.05, 4.69) is 39.4 Å². The van der Waals surface area contributed by atoms with E-state index < -0.39 is 0 Å². The van der Waals surface area contributed by atoms with E-state index in [-0.39, 0.29) is 0 Å². The van der Waals surface area contributed by atoms with Gasteiger partial charge in [-0.15, -0.1) is 0 Å². The predicted molar refractivity (Wildman–Crippen MR) is 81.6 cm³/mol. The molecule has 0 unspecified atom stereocenters. The minimum absolute atomic E-state index is 0.744. The minimum atomic E-state index is 0.744. The monoisotopic (exact) mass is 353 g/mol. The highest BCUT2D eigenvalue weighted by atomic mass is 127. The van der Waals surface area contributed by atoms with E-state index in [1.807, 2.05) is 9.12 Å². The summed E-state index contributed by atoms with van der Waals surface area (Å²) in [6.45, 7) is 7.44. The topological polar surface area (TPSA) is 3.24 Å². The highest BCUT2D eigenvalue weighted by Gasteiger charge is 2.38. The zero-order valence-electron chi connectivity index (χ0n) is 10.5. The first-order valence-corrected chi connectivity index (χ1v) is 10.0. The van der Waals surface area contributed by atoms with Gasteiger partial charge >= 0.3 is 0 Å². The van der Waals surface area contributed by atoms with E-state index >= 15 is 0 Å². The molecule has 1 aliphatic heterocycles. The van der Waals surface area contributed by atoms with E-state index in [1.165, 1.54) is 51.6 Å². The Balaban J connectivity index is 1.84. The lowest BCUT2D eigenvalue weighted by Crippen LogP contribution is -2.39. The fourth-order valence-corrected chi connectivity index (χ4v) is 4.95. The largest absolute Gasteiger partial charge is 0.242 e. The van der Waals surface area contributed by atoms with Crippen LogP contribution in [-0.2, 0) is 0 Å². The molecule has 0 radical (unpaired) electrons. The molecule has 1 aliphatic carbocycles. The maximum atomic E-state index is 2.53. The number of hydrogen-bond acceptors (Lipinski definition) is 2. The van der Waals surface area contributed by atoms with Gasteiger partial charge in [0.15, 0.2) is 0 Å². The van der Waals surface area contributed by atoms with E-state index in [4.69, 9.17) is 0 Å². The molecule has 3 heteroatoms. The van der Waals surface area contributed by atoms with Gasteiger partial charge in [-0.2, -0.15) is 0 Å². The van der Waals surface area contributed by atoms with Gasteiger partial charge in [0.25, 0.3) is 0 Å². The number of piperidine rings is 1. The van der Waals surface area contributed by atoms with Crippen LogP contribution in [0.3, 0.4) is 0 Å². The van der Waals surface area contributed by atoms with Crippen LogP contribution in [0.4, 0.5) is 0 Å². The molecule has 0 aromatic carbocycles. The normalized spacial score (nSPS) is 27.8. The van der Waals surface area contributed by atoms with Gasteiger partial charge in [0.2, 0.25) is 0 Å². The molecule has 2 fully saturated rings. The zero-order valence-corrected chi connectivity index (χ0v) is 13.5. The fraction of sp³-hybridized carbons (Fsp3) is 1.00. The summed E-state index contributed by atoms with van der Waals surface area (Å²) in [5.74, 6) is 1.92. The summed E-state index contributed by atoms with van der Waals surface area (Å²) in [6, 6.07) is 0. The molecule has 0 atom stereocenters. The maximum Gasteiger partial charge on any atom is 0.0146 e. The Kier molecular flexibility index (Phi) is 4.87. The summed E-state index contributed by atoms with van der Waals surface area (Å²) in [5.41, 5.74) is 0.744. The maximum absolute atomic E-state index is 2.53. The number of hydrogen-bond donors (Lipinski definition) is 0. The summed E-state index contributed by atoms with van der Waals surface area (Å²) in [4.78, 5) is 0. The van der Waals surface area contributed by atoms with Gasteiger partial charge in [-0.1, -0.05) is 13.8 Å². The number of nitrogens with zero attached hydrogens (tertiary/aromatic N) is 1. The Labute approximate surface area is 117 Å². The molecule has 0 aromatic heterocycles. The first-order chi connectivity index (χ1) is 7.65. The Hall–Kier alpha value is 1.04. The molecule has 0 amide bonds. The summed E-state index contributed by atoms with van der Waals surface area (Å²) in [5, 5.41) is 0. The van der Waals surface area contributed by atoms with Crippen LogP contribution < -0.4 is 0 Å². The second-order valence-electron chi connectivity index (χ2n) is 6.08. The Bertz CT molecular complexity index is 214. The molecule has 0 N–H and O–H groups in total. The van der Waals surface area contributed by atoms with Crippen LogP contribution in [0.1, 0.15) is 52.4 Å². The molecule has 0 bridgehead atoms. The summed E-state index contributed by atoms with van der Waals surface area (Å²) < 4.78 is 2.53. The SMILES string of the molecule is CC(C)C1CCC2(CC1)CCN(SI)CC2. The minimum Gasteiger partial charge on any atom is -0.242 e. The van der Waals surface area contributed by atoms with Gasteiger partial charge in [-0.25, -0.2) is 4.31 Å². The average molecular weight is 353 g/mol. The quantitative estimate of drug-likeness (QED) is 0.512. The van der Waals surface area contributed by atoms with E-state index in [1.54, 1.807) is 0 Å². The second kappa shape index (κ2) is 5.79. The molecule has 1 nitrogen and oxygen atoms in total. The Morgan fingerprint density at radius 1 is 1.12 bits per heavy atom. The predicted octanol–water partition coefficient (Wildman–Crippen LogP) is 4.91. The van der Waals surface area contributed by atoms with Crippen molar-refractivity contribution < 1.29 is 0 Å². The Morgan fingerprint density at radius 3 is 2.12 bits per heavy atom. The molecule has 2 rings (SSSR count). The van der Waals surface area contributed by atoms with Crippen molar-refractivity contribution in [2.45, 2.75) is 52.4 Å². The second-order valence-corrected chi connectivity index (χ2v) is 7.92. The fourth-order valence-electron chi connectivity index (χ4n) is 3.45. The molecule has 94 valence electrons. The van der Waals surface area contributed by atoms with Gasteiger partial charge < -0.3 is 0 Å². The van der Waals surface area contributed by atoms with Crippen molar-refractivity contribution in [3.8, 4) is 0 Å². The van der Waals surface area contributed by atoms with Crippen molar-refractivity contribution in [3.05, 3.63) is 0 Å². The van der Waals surface area contributed by atoms with Crippen LogP contribution in [0, 0.1) is 17.3 Å². The third-order valence-electron chi connectivity index (χ3n) is 4.91. The highest BCUT2D eigenvalue weighted by Crippen LogP contribution is 2.48. The van der Waals surface area contributed by atoms with E-state index in [0.29, 0.717) is 0 Å². The lowest BCUT2D eigenvalue weighted by atomic mass is 9.64. The van der Waals surface area contributed by atoms with Crippen molar-refractivity contribution >= 4 is 30.3 Å². The van der Waals surface area contributed by atoms with Crippen molar-refractivity contribution in [1.82, 2.24) is 4.31 Å². The van der Waals surface area contributed by atoms with Crippen molar-refractivity contribution in [1.29, 1.82) is 0 Å². The van der Waals surface area contributed by atoms with Crippen LogP contribution in [-0.4, -0.2) is 17.4 Å². The summed E-state index contributed by atoms with van der Waals surface area (Å²) >= 11 is 2.42. The standard InChI is InChI=1S/C13H24INS/c1-11(2)12-3-5-13(6-4-12)7-9-15(16-14)10-8-13/h11-12H,3-10H2,1-2H3. The molecule has 0 aromatic rings. The van der Waals surface area contributed by atoms with Crippen molar-refractivity contribution in [3.63, 3.8) is 0 Å². The highest BCUT2D eigenvalue weighted by molar-refractivity contribution is 14.2. The van der Waals surface area contributed by atoms with Crippen LogP contribution >= 0.6 is 30.3 Å². The van der Waals surface area contributed by atoms with Crippen LogP contribution in [0.25, 0.3) is 0 Å². The van der Waals surface area contributed by atoms with Crippen molar-refractivity contribution in [2.75, 3.05) is 13.1 Å². The van der Waals surface area contributed by atoms with Gasteiger partial charge in [-0.3, -0.25) is 0 Å². The molecular formula is C13H24INS. The Morgan fingerprint density at radius 2 is 1.69 bits per heavy atom. The van der Waals surface area contributed by atoms with Gasteiger partial charge in [0.1, 0.15) is 0 Å². The van der Waals surface area contributed by atoms with Gasteiger partial charge in [0.05, 0.1) is 0 Å². The first kappa shape index (κ1) is 13.5. The van der Waals surface area contributed by atoms with Gasteiger partial charge in [0, 0.05) is 34.3 Å². The van der Waals surface area contributed by atoms with Crippen molar-refractivity contribution in [2.24, 2.45) is 17.3 Å². The molecule has 1 spiro atoms. The zero-order chi connectivity index (χ0) is 11.6. The number of rotatable bonds is 2. The third-order valence-corrected chi connectivity index (χ3v) is 7.15. The molecule has 1 saturated heterocycles.